The van der Waals surface area contributed by atoms with E-state index in [9.17, 15) is 14.7 Å². The first-order valence-electron chi connectivity index (χ1n) is 7.27. The molecule has 1 aliphatic rings. The van der Waals surface area contributed by atoms with Crippen LogP contribution in [0.25, 0.3) is 0 Å². The van der Waals surface area contributed by atoms with Crippen LogP contribution in [0.5, 0.6) is 0 Å². The van der Waals surface area contributed by atoms with E-state index in [1.807, 2.05) is 0 Å². The van der Waals surface area contributed by atoms with E-state index in [4.69, 9.17) is 9.26 Å². The second-order valence-corrected chi connectivity index (χ2v) is 6.59. The molecule has 2 atom stereocenters. The highest BCUT2D eigenvalue weighted by atomic mass is 16.6. The van der Waals surface area contributed by atoms with Gasteiger partial charge >= 0.3 is 12.1 Å². The molecule has 1 amide bonds. The molecule has 0 saturated carbocycles. The molecule has 1 N–H and O–H groups in total. The number of carbonyl (C=O) groups excluding carboxylic acids is 1. The van der Waals surface area contributed by atoms with E-state index in [1.165, 1.54) is 4.90 Å². The minimum Gasteiger partial charge on any atom is -0.480 e. The molecule has 7 heteroatoms. The maximum atomic E-state index is 12.3. The number of carboxylic acid groups (broad SMARTS) is 1. The molecule has 1 aromatic rings. The van der Waals surface area contributed by atoms with Crippen LogP contribution in [0.3, 0.4) is 0 Å². The maximum absolute atomic E-state index is 12.3. The highest BCUT2D eigenvalue weighted by molar-refractivity contribution is 5.82. The number of hydrogen-bond donors (Lipinski definition) is 1. The second kappa shape index (κ2) is 5.62. The van der Waals surface area contributed by atoms with Crippen molar-refractivity contribution in [2.45, 2.75) is 58.6 Å². The molecule has 0 aromatic carbocycles. The van der Waals surface area contributed by atoms with Gasteiger partial charge in [0.1, 0.15) is 17.4 Å². The number of aromatic nitrogens is 1. The summed E-state index contributed by atoms with van der Waals surface area (Å²) in [6.45, 7) is 9.12. The molecule has 1 aromatic heterocycles. The summed E-state index contributed by atoms with van der Waals surface area (Å²) in [5, 5.41) is 13.5. The average molecular weight is 310 g/mol. The van der Waals surface area contributed by atoms with Gasteiger partial charge in [0.25, 0.3) is 0 Å². The van der Waals surface area contributed by atoms with E-state index in [0.717, 1.165) is 5.56 Å². The minimum atomic E-state index is -1.05. The molecule has 7 nitrogen and oxygen atoms in total. The van der Waals surface area contributed by atoms with E-state index in [-0.39, 0.29) is 5.92 Å². The summed E-state index contributed by atoms with van der Waals surface area (Å²) in [4.78, 5) is 25.3. The Bertz CT molecular complexity index is 568. The van der Waals surface area contributed by atoms with Gasteiger partial charge in [0.05, 0.1) is 5.69 Å². The van der Waals surface area contributed by atoms with Gasteiger partial charge in [0.15, 0.2) is 0 Å². The van der Waals surface area contributed by atoms with E-state index in [1.54, 1.807) is 34.6 Å². The smallest absolute Gasteiger partial charge is 0.411 e. The molecular formula is C15H22N2O5. The minimum absolute atomic E-state index is 0.334. The monoisotopic (exact) mass is 310 g/mol. The summed E-state index contributed by atoms with van der Waals surface area (Å²) in [6, 6.07) is -0.966. The Balaban J connectivity index is 2.29. The Hall–Kier alpha value is -2.05. The summed E-state index contributed by atoms with van der Waals surface area (Å²) in [7, 11) is 0. The lowest BCUT2D eigenvalue weighted by atomic mass is 9.90. The topological polar surface area (TPSA) is 92.9 Å². The van der Waals surface area contributed by atoms with Crippen molar-refractivity contribution in [3.63, 3.8) is 0 Å². The number of likely N-dealkylation sites (tertiary alicyclic amines) is 1. The van der Waals surface area contributed by atoms with Crippen molar-refractivity contribution in [1.29, 1.82) is 0 Å². The number of aryl methyl sites for hydroxylation is 2. The summed E-state index contributed by atoms with van der Waals surface area (Å²) in [5.74, 6) is -0.788. The molecular weight excluding hydrogens is 288 g/mol. The van der Waals surface area contributed by atoms with Gasteiger partial charge < -0.3 is 14.4 Å². The lowest BCUT2D eigenvalue weighted by Gasteiger charge is -2.28. The lowest BCUT2D eigenvalue weighted by Crippen LogP contribution is -2.45. The van der Waals surface area contributed by atoms with E-state index >= 15 is 0 Å². The fourth-order valence-electron chi connectivity index (χ4n) is 2.94. The first kappa shape index (κ1) is 16.3. The number of ether oxygens (including phenoxy) is 1. The third-order valence-corrected chi connectivity index (χ3v) is 3.74. The van der Waals surface area contributed by atoms with Gasteiger partial charge in [-0.05, 0) is 41.0 Å². The van der Waals surface area contributed by atoms with Gasteiger partial charge in [-0.15, -0.1) is 0 Å². The van der Waals surface area contributed by atoms with Crippen molar-refractivity contribution in [2.24, 2.45) is 0 Å². The maximum Gasteiger partial charge on any atom is 0.411 e. The van der Waals surface area contributed by atoms with Gasteiger partial charge in [0.2, 0.25) is 0 Å². The van der Waals surface area contributed by atoms with Crippen LogP contribution in [0, 0.1) is 13.8 Å². The molecule has 0 radical (unpaired) electrons. The summed E-state index contributed by atoms with van der Waals surface area (Å²) >= 11 is 0. The van der Waals surface area contributed by atoms with Crippen molar-refractivity contribution < 1.29 is 24.0 Å². The molecule has 2 rings (SSSR count). The first-order chi connectivity index (χ1) is 10.1. The molecule has 22 heavy (non-hydrogen) atoms. The number of aliphatic carboxylic acids is 1. The SMILES string of the molecule is Cc1noc(C)c1C1CCN(C(=O)OC(C)(C)C)C1C(=O)O. The van der Waals surface area contributed by atoms with Crippen LogP contribution in [0.4, 0.5) is 4.79 Å². The zero-order chi connectivity index (χ0) is 16.7. The Morgan fingerprint density at radius 2 is 2.00 bits per heavy atom. The van der Waals surface area contributed by atoms with E-state index in [2.05, 4.69) is 5.16 Å². The Kier molecular flexibility index (Phi) is 4.17. The molecule has 1 aliphatic heterocycles. The third-order valence-electron chi connectivity index (χ3n) is 3.74. The van der Waals surface area contributed by atoms with Gasteiger partial charge in [0, 0.05) is 18.0 Å². The van der Waals surface area contributed by atoms with Gasteiger partial charge in [-0.2, -0.15) is 0 Å². The number of carbonyl (C=O) groups is 2. The fourth-order valence-corrected chi connectivity index (χ4v) is 2.94. The normalized spacial score (nSPS) is 22.0. The summed E-state index contributed by atoms with van der Waals surface area (Å²) in [6.07, 6.45) is -0.0619. The van der Waals surface area contributed by atoms with Gasteiger partial charge in [-0.25, -0.2) is 9.59 Å². The first-order valence-corrected chi connectivity index (χ1v) is 7.27. The van der Waals surface area contributed by atoms with Crippen molar-refractivity contribution in [1.82, 2.24) is 10.1 Å². The Labute approximate surface area is 129 Å². The standard InChI is InChI=1S/C15H22N2O5/c1-8-11(9(2)22-16-8)10-6-7-17(12(10)13(18)19)14(20)21-15(3,4)5/h10,12H,6-7H2,1-5H3,(H,18,19). The zero-order valence-corrected chi connectivity index (χ0v) is 13.5. The Morgan fingerprint density at radius 3 is 2.45 bits per heavy atom. The van der Waals surface area contributed by atoms with Crippen LogP contribution in [0.2, 0.25) is 0 Å². The van der Waals surface area contributed by atoms with Gasteiger partial charge in [-0.1, -0.05) is 5.16 Å². The molecule has 2 heterocycles. The average Bonchev–Trinajstić information content (AvgIpc) is 2.91. The van der Waals surface area contributed by atoms with Crippen molar-refractivity contribution >= 4 is 12.1 Å². The predicted molar refractivity (Wildman–Crippen MR) is 77.7 cm³/mol. The molecule has 0 bridgehead atoms. The Morgan fingerprint density at radius 1 is 1.36 bits per heavy atom. The largest absolute Gasteiger partial charge is 0.480 e. The zero-order valence-electron chi connectivity index (χ0n) is 13.5. The van der Waals surface area contributed by atoms with Crippen molar-refractivity contribution in [3.05, 3.63) is 17.0 Å². The highest BCUT2D eigenvalue weighted by Crippen LogP contribution is 2.37. The highest BCUT2D eigenvalue weighted by Gasteiger charge is 2.46. The van der Waals surface area contributed by atoms with Crippen LogP contribution in [-0.2, 0) is 9.53 Å². The molecule has 2 unspecified atom stereocenters. The van der Waals surface area contributed by atoms with Gasteiger partial charge in [-0.3, -0.25) is 4.90 Å². The van der Waals surface area contributed by atoms with E-state index < -0.39 is 23.7 Å². The molecule has 122 valence electrons. The number of nitrogens with zero attached hydrogens (tertiary/aromatic N) is 2. The third kappa shape index (κ3) is 3.08. The van der Waals surface area contributed by atoms with Crippen LogP contribution in [-0.4, -0.2) is 45.4 Å². The van der Waals surface area contributed by atoms with E-state index in [0.29, 0.717) is 24.4 Å². The number of rotatable bonds is 2. The van der Waals surface area contributed by atoms with Crippen LogP contribution < -0.4 is 0 Å². The predicted octanol–water partition coefficient (Wildman–Crippen LogP) is 2.47. The molecule has 1 saturated heterocycles. The molecule has 0 aliphatic carbocycles. The van der Waals surface area contributed by atoms with Crippen LogP contribution >= 0.6 is 0 Å². The van der Waals surface area contributed by atoms with Crippen molar-refractivity contribution in [2.75, 3.05) is 6.54 Å². The number of amides is 1. The lowest BCUT2D eigenvalue weighted by molar-refractivity contribution is -0.142. The van der Waals surface area contributed by atoms with Crippen molar-refractivity contribution in [3.8, 4) is 0 Å². The fraction of sp³-hybridized carbons (Fsp3) is 0.667. The summed E-state index contributed by atoms with van der Waals surface area (Å²) in [5.41, 5.74) is 0.777. The number of hydrogen-bond acceptors (Lipinski definition) is 5. The van der Waals surface area contributed by atoms with Crippen LogP contribution in [0.1, 0.15) is 50.1 Å². The second-order valence-electron chi connectivity index (χ2n) is 6.59. The molecule has 0 spiro atoms. The number of carboxylic acids is 1. The van der Waals surface area contributed by atoms with Crippen LogP contribution in [0.15, 0.2) is 4.52 Å². The molecule has 1 fully saturated rings. The quantitative estimate of drug-likeness (QED) is 0.902. The summed E-state index contributed by atoms with van der Waals surface area (Å²) < 4.78 is 10.4.